The highest BCUT2D eigenvalue weighted by Crippen LogP contribution is 2.45. The van der Waals surface area contributed by atoms with Crippen molar-refractivity contribution in [3.05, 3.63) is 158 Å². The van der Waals surface area contributed by atoms with E-state index < -0.39 is 91.5 Å². The number of carbonyl (C=O) groups is 3. The van der Waals surface area contributed by atoms with Crippen LogP contribution in [-0.4, -0.2) is 95.9 Å². The number of aliphatic hydroxyl groups excluding tert-OH is 2. The lowest BCUT2D eigenvalue weighted by Gasteiger charge is -2.21. The molecule has 612 valence electrons. The first-order valence-electron chi connectivity index (χ1n) is 41.8. The Bertz CT molecular complexity index is 2580. The molecule has 18 heteroatoms. The van der Waals surface area contributed by atoms with Gasteiger partial charge in [0.2, 0.25) is 0 Å². The van der Waals surface area contributed by atoms with Crippen molar-refractivity contribution in [2.75, 3.05) is 39.6 Å². The van der Waals surface area contributed by atoms with Crippen molar-refractivity contribution < 1.29 is 75.8 Å². The van der Waals surface area contributed by atoms with Gasteiger partial charge in [-0.05, 0) is 148 Å². The third kappa shape index (κ3) is 82.0. The van der Waals surface area contributed by atoms with Gasteiger partial charge in [0.15, 0.2) is 6.10 Å². The minimum absolute atomic E-state index is 0.0870. The zero-order valence-electron chi connectivity index (χ0n) is 67.0. The summed E-state index contributed by atoms with van der Waals surface area (Å²) >= 11 is 0. The quantitative estimate of drug-likeness (QED) is 0.0146. The summed E-state index contributed by atoms with van der Waals surface area (Å²) in [5, 5.41) is 20.7. The summed E-state index contributed by atoms with van der Waals surface area (Å²) in [5.41, 5.74) is 0. The second-order valence-electron chi connectivity index (χ2n) is 27.5. The van der Waals surface area contributed by atoms with E-state index in [1.807, 2.05) is 0 Å². The molecule has 0 spiro atoms. The summed E-state index contributed by atoms with van der Waals surface area (Å²) in [6.45, 7) is 2.42. The maximum atomic E-state index is 13.0. The van der Waals surface area contributed by atoms with Crippen molar-refractivity contribution in [3.63, 3.8) is 0 Å². The molecule has 5 atom stereocenters. The standard InChI is InChI=1S/C89H150O16P2/c1-4-7-10-13-16-19-22-25-28-31-33-35-37-38-39-40-41-42-43-44-46-48-49-52-54-57-60-63-66-69-72-75-87(92)99-78-84(90)79-101-106(95,96)102-80-85(91)81-103-107(97,98)104-83-86(105-89(94)77-74-71-68-65-62-59-56-51-30-27-24-21-18-15-12-9-6-3)82-100-88(93)76-73-70-67-64-61-58-55-53-50-47-45-36-34-32-29-26-23-20-17-14-11-8-5-2/h7,9-10,12,16-21,25-30,33-36,38-39,41-42,47,50,84-86,90-91H,4-6,8,11,13-15,22-24,31-32,37,40,43-46,48-49,51-83H2,1-3H3,(H,95,96)(H,97,98)/b10-7-,12-9-,19-16-,20-17-,21-18-,28-25-,29-26-,30-27-,35-33-,36-34-,39-38-,42-41-,50-47-. The van der Waals surface area contributed by atoms with E-state index in [1.54, 1.807) is 0 Å². The van der Waals surface area contributed by atoms with Gasteiger partial charge in [0.1, 0.15) is 25.4 Å². The van der Waals surface area contributed by atoms with Crippen LogP contribution in [0.5, 0.6) is 0 Å². The fraction of sp³-hybridized carbons (Fsp3) is 0.674. The van der Waals surface area contributed by atoms with Gasteiger partial charge in [0.25, 0.3) is 0 Å². The second-order valence-corrected chi connectivity index (χ2v) is 30.4. The lowest BCUT2D eigenvalue weighted by molar-refractivity contribution is -0.161. The topological polar surface area (TPSA) is 231 Å². The monoisotopic (exact) mass is 1540 g/mol. The van der Waals surface area contributed by atoms with Crippen LogP contribution in [0.2, 0.25) is 0 Å². The summed E-state index contributed by atoms with van der Waals surface area (Å²) in [4.78, 5) is 58.8. The van der Waals surface area contributed by atoms with Gasteiger partial charge in [-0.3, -0.25) is 32.5 Å². The highest BCUT2D eigenvalue weighted by Gasteiger charge is 2.29. The largest absolute Gasteiger partial charge is 0.472 e. The maximum absolute atomic E-state index is 13.0. The van der Waals surface area contributed by atoms with E-state index >= 15 is 0 Å². The van der Waals surface area contributed by atoms with E-state index in [9.17, 15) is 43.5 Å². The van der Waals surface area contributed by atoms with Crippen LogP contribution in [0.1, 0.15) is 329 Å². The zero-order chi connectivity index (χ0) is 78.0. The van der Waals surface area contributed by atoms with Crippen molar-refractivity contribution in [3.8, 4) is 0 Å². The van der Waals surface area contributed by atoms with Crippen LogP contribution in [-0.2, 0) is 55.8 Å². The van der Waals surface area contributed by atoms with Crippen LogP contribution in [0.4, 0.5) is 0 Å². The molecule has 0 fully saturated rings. The predicted molar refractivity (Wildman–Crippen MR) is 445 cm³/mol. The number of phosphoric ester groups is 2. The third-order valence-corrected chi connectivity index (χ3v) is 19.1. The molecular formula is C89H150O16P2. The molecule has 0 saturated carbocycles. The highest BCUT2D eigenvalue weighted by atomic mass is 31.2. The molecule has 0 aliphatic carbocycles. The zero-order valence-corrected chi connectivity index (χ0v) is 68.8. The molecule has 0 rings (SSSR count). The molecule has 4 N–H and O–H groups in total. The Kier molecular flexibility index (Phi) is 77.0. The molecule has 0 bridgehead atoms. The van der Waals surface area contributed by atoms with Gasteiger partial charge >= 0.3 is 33.6 Å². The number of hydrogen-bond acceptors (Lipinski definition) is 14. The van der Waals surface area contributed by atoms with Gasteiger partial charge in [0.05, 0.1) is 26.4 Å². The number of rotatable bonds is 78. The molecule has 107 heavy (non-hydrogen) atoms. The van der Waals surface area contributed by atoms with Crippen molar-refractivity contribution >= 4 is 33.6 Å². The average molecular weight is 1540 g/mol. The SMILES string of the molecule is CC/C=C\C/C=C\C/C=C\C/C=C\C/C=C\C/C=C\CCCCCCCCCCCCCCC(=O)OCC(O)COP(=O)(O)OCC(O)COP(=O)(O)OCC(COC(=O)CCCCCCCCC/C=C\C/C=C\C/C=C\C/C=C\CCCCC)OC(=O)CCCCCCCCC/C=C\C/C=C\C/C=C\CC. The lowest BCUT2D eigenvalue weighted by atomic mass is 10.0. The number of allylic oxidation sites excluding steroid dienone is 26. The molecule has 0 aromatic rings. The molecule has 0 saturated heterocycles. The molecule has 0 heterocycles. The Morgan fingerprint density at radius 1 is 0.271 bits per heavy atom. The molecule has 5 unspecified atom stereocenters. The number of esters is 3. The molecule has 0 aromatic carbocycles. The first-order chi connectivity index (χ1) is 52.2. The molecule has 0 aliphatic rings. The second kappa shape index (κ2) is 80.7. The summed E-state index contributed by atoms with van der Waals surface area (Å²) < 4.78 is 61.3. The van der Waals surface area contributed by atoms with E-state index in [1.165, 1.54) is 77.0 Å². The van der Waals surface area contributed by atoms with E-state index in [0.717, 1.165) is 193 Å². The van der Waals surface area contributed by atoms with Gasteiger partial charge in [-0.2, -0.15) is 0 Å². The van der Waals surface area contributed by atoms with E-state index in [2.05, 4.69) is 179 Å². The Balaban J connectivity index is 4.56. The molecule has 0 amide bonds. The summed E-state index contributed by atoms with van der Waals surface area (Å²) in [6, 6.07) is 0. The van der Waals surface area contributed by atoms with E-state index in [4.69, 9.17) is 32.3 Å². The van der Waals surface area contributed by atoms with Gasteiger partial charge in [0, 0.05) is 19.3 Å². The average Bonchev–Trinajstić information content (AvgIpc) is 0.909. The minimum Gasteiger partial charge on any atom is -0.463 e. The van der Waals surface area contributed by atoms with Gasteiger partial charge in [-0.25, -0.2) is 9.13 Å². The number of ether oxygens (including phenoxy) is 3. The predicted octanol–water partition coefficient (Wildman–Crippen LogP) is 25.0. The number of aliphatic hydroxyl groups is 2. The van der Waals surface area contributed by atoms with Crippen LogP contribution in [0.15, 0.2) is 158 Å². The van der Waals surface area contributed by atoms with Crippen LogP contribution in [0.25, 0.3) is 0 Å². The molecule has 0 aliphatic heterocycles. The number of carbonyl (C=O) groups excluding carboxylic acids is 3. The molecule has 0 radical (unpaired) electrons. The highest BCUT2D eigenvalue weighted by molar-refractivity contribution is 7.47. The first kappa shape index (κ1) is 102. The van der Waals surface area contributed by atoms with Gasteiger partial charge < -0.3 is 34.2 Å². The van der Waals surface area contributed by atoms with Gasteiger partial charge in [-0.1, -0.05) is 320 Å². The van der Waals surface area contributed by atoms with E-state index in [0.29, 0.717) is 19.3 Å². The smallest absolute Gasteiger partial charge is 0.463 e. The fourth-order valence-electron chi connectivity index (χ4n) is 10.9. The van der Waals surface area contributed by atoms with Crippen LogP contribution in [0, 0.1) is 0 Å². The number of hydrogen-bond donors (Lipinski definition) is 4. The molecule has 16 nitrogen and oxygen atoms in total. The Morgan fingerprint density at radius 2 is 0.495 bits per heavy atom. The minimum atomic E-state index is -4.94. The van der Waals surface area contributed by atoms with Gasteiger partial charge in [-0.15, -0.1) is 0 Å². The lowest BCUT2D eigenvalue weighted by Crippen LogP contribution is -2.30. The number of phosphoric acid groups is 2. The summed E-state index contributed by atoms with van der Waals surface area (Å²) in [7, 11) is -9.81. The maximum Gasteiger partial charge on any atom is 0.472 e. The fourth-order valence-corrected chi connectivity index (χ4v) is 12.5. The Hall–Kier alpha value is -4.83. The normalized spacial score (nSPS) is 14.7. The van der Waals surface area contributed by atoms with Crippen LogP contribution < -0.4 is 0 Å². The molecular weight excluding hydrogens is 1390 g/mol. The van der Waals surface area contributed by atoms with E-state index in [-0.39, 0.29) is 19.3 Å². The van der Waals surface area contributed by atoms with Crippen LogP contribution >= 0.6 is 15.6 Å². The first-order valence-corrected chi connectivity index (χ1v) is 44.8. The van der Waals surface area contributed by atoms with Crippen molar-refractivity contribution in [2.45, 2.75) is 347 Å². The van der Waals surface area contributed by atoms with Crippen LogP contribution in [0.3, 0.4) is 0 Å². The van der Waals surface area contributed by atoms with Crippen molar-refractivity contribution in [1.82, 2.24) is 0 Å². The summed E-state index contributed by atoms with van der Waals surface area (Å²) in [6.07, 6.45) is 101. The Morgan fingerprint density at radius 3 is 0.785 bits per heavy atom. The van der Waals surface area contributed by atoms with Crippen molar-refractivity contribution in [2.24, 2.45) is 0 Å². The summed E-state index contributed by atoms with van der Waals surface area (Å²) in [5.74, 6) is -1.60. The Labute approximate surface area is 650 Å². The molecule has 0 aromatic heterocycles. The number of unbranched alkanes of at least 4 members (excludes halogenated alkanes) is 29. The third-order valence-electron chi connectivity index (χ3n) is 17.2. The van der Waals surface area contributed by atoms with Crippen molar-refractivity contribution in [1.29, 1.82) is 0 Å².